The molecule has 0 spiro atoms. The molecule has 2 aromatic carbocycles. The van der Waals surface area contributed by atoms with Crippen molar-refractivity contribution in [1.29, 1.82) is 0 Å². The van der Waals surface area contributed by atoms with Gasteiger partial charge in [-0.15, -0.1) is 11.3 Å². The quantitative estimate of drug-likeness (QED) is 0.581. The molecule has 1 aromatic heterocycles. The fourth-order valence-electron chi connectivity index (χ4n) is 2.57. The van der Waals surface area contributed by atoms with E-state index in [9.17, 15) is 4.39 Å². The van der Waals surface area contributed by atoms with E-state index in [0.29, 0.717) is 0 Å². The molecule has 0 aliphatic carbocycles. The van der Waals surface area contributed by atoms with Crippen LogP contribution in [0.1, 0.15) is 19.8 Å². The van der Waals surface area contributed by atoms with E-state index in [1.807, 2.05) is 36.4 Å². The van der Waals surface area contributed by atoms with Crippen LogP contribution < -0.4 is 9.54 Å². The number of nitrogens with zero attached hydrogens (tertiary/aromatic N) is 2. The number of hydrogen-bond acceptors (Lipinski definition) is 3. The van der Waals surface area contributed by atoms with Gasteiger partial charge >= 0.3 is 0 Å². The second-order valence-electron chi connectivity index (χ2n) is 5.73. The molecule has 0 aliphatic heterocycles. The monoisotopic (exact) mass is 356 g/mol. The first-order valence-electron chi connectivity index (χ1n) is 8.34. The van der Waals surface area contributed by atoms with Crippen LogP contribution in [0.3, 0.4) is 0 Å². The Morgan fingerprint density at radius 1 is 1.08 bits per heavy atom. The van der Waals surface area contributed by atoms with Gasteiger partial charge in [-0.3, -0.25) is 0 Å². The van der Waals surface area contributed by atoms with Crippen molar-refractivity contribution in [3.63, 3.8) is 0 Å². The Morgan fingerprint density at radius 2 is 1.80 bits per heavy atom. The SMILES string of the molecule is CCCCn1c(-c2ccc(F)cc2)csc1=Nc1ccc(OC)cc1. The highest BCUT2D eigenvalue weighted by Crippen LogP contribution is 2.22. The van der Waals surface area contributed by atoms with E-state index in [1.54, 1.807) is 18.4 Å². The Kier molecular flexibility index (Phi) is 5.66. The standard InChI is InChI=1S/C20H21FN2OS/c1-3-4-13-23-19(15-5-7-16(21)8-6-15)14-25-20(23)22-17-9-11-18(24-2)12-10-17/h5-12,14H,3-4,13H2,1-2H3. The zero-order valence-electron chi connectivity index (χ0n) is 14.4. The number of thiazole rings is 1. The van der Waals surface area contributed by atoms with Crippen LogP contribution in [0.25, 0.3) is 11.3 Å². The number of aromatic nitrogens is 1. The third kappa shape index (κ3) is 4.17. The topological polar surface area (TPSA) is 26.5 Å². The summed E-state index contributed by atoms with van der Waals surface area (Å²) in [4.78, 5) is 5.73. The van der Waals surface area contributed by atoms with E-state index in [0.717, 1.165) is 46.9 Å². The Morgan fingerprint density at radius 3 is 2.44 bits per heavy atom. The highest BCUT2D eigenvalue weighted by Gasteiger charge is 2.08. The van der Waals surface area contributed by atoms with E-state index in [1.165, 1.54) is 12.1 Å². The van der Waals surface area contributed by atoms with Crippen molar-refractivity contribution in [1.82, 2.24) is 4.57 Å². The van der Waals surface area contributed by atoms with Crippen LogP contribution in [-0.2, 0) is 6.54 Å². The van der Waals surface area contributed by atoms with Gasteiger partial charge in [-0.1, -0.05) is 13.3 Å². The predicted octanol–water partition coefficient (Wildman–Crippen LogP) is 5.40. The van der Waals surface area contributed by atoms with Crippen molar-refractivity contribution in [2.45, 2.75) is 26.3 Å². The van der Waals surface area contributed by atoms with E-state index >= 15 is 0 Å². The average molecular weight is 356 g/mol. The fraction of sp³-hybridized carbons (Fsp3) is 0.250. The molecular formula is C20H21FN2OS. The van der Waals surface area contributed by atoms with Gasteiger partial charge in [-0.25, -0.2) is 9.38 Å². The average Bonchev–Trinajstić information content (AvgIpc) is 3.03. The summed E-state index contributed by atoms with van der Waals surface area (Å²) in [7, 11) is 1.65. The number of benzene rings is 2. The van der Waals surface area contributed by atoms with E-state index in [4.69, 9.17) is 9.73 Å². The molecule has 0 unspecified atom stereocenters. The summed E-state index contributed by atoms with van der Waals surface area (Å²) in [5, 5.41) is 2.09. The van der Waals surface area contributed by atoms with E-state index in [-0.39, 0.29) is 5.82 Å². The van der Waals surface area contributed by atoms with Crippen molar-refractivity contribution >= 4 is 17.0 Å². The van der Waals surface area contributed by atoms with Gasteiger partial charge in [0.1, 0.15) is 11.6 Å². The molecule has 0 saturated heterocycles. The Hall–Kier alpha value is -2.40. The molecule has 3 nitrogen and oxygen atoms in total. The Balaban J connectivity index is 2.03. The van der Waals surface area contributed by atoms with Crippen LogP contribution in [0.15, 0.2) is 58.9 Å². The van der Waals surface area contributed by atoms with Crippen molar-refractivity contribution in [3.8, 4) is 17.0 Å². The molecule has 0 amide bonds. The summed E-state index contributed by atoms with van der Waals surface area (Å²) in [6.07, 6.45) is 2.18. The lowest BCUT2D eigenvalue weighted by Crippen LogP contribution is -2.15. The van der Waals surface area contributed by atoms with Crippen molar-refractivity contribution in [2.24, 2.45) is 4.99 Å². The minimum Gasteiger partial charge on any atom is -0.497 e. The summed E-state index contributed by atoms with van der Waals surface area (Å²) in [5.41, 5.74) is 2.97. The lowest BCUT2D eigenvalue weighted by atomic mass is 10.1. The van der Waals surface area contributed by atoms with Gasteiger partial charge in [0.25, 0.3) is 0 Å². The maximum atomic E-state index is 13.2. The van der Waals surface area contributed by atoms with Crippen molar-refractivity contribution in [3.05, 3.63) is 64.5 Å². The Bertz CT molecular complexity index is 879. The van der Waals surface area contributed by atoms with Crippen molar-refractivity contribution < 1.29 is 9.13 Å². The van der Waals surface area contributed by atoms with Gasteiger partial charge in [0.2, 0.25) is 0 Å². The highest BCUT2D eigenvalue weighted by molar-refractivity contribution is 7.07. The highest BCUT2D eigenvalue weighted by atomic mass is 32.1. The smallest absolute Gasteiger partial charge is 0.190 e. The molecule has 5 heteroatoms. The summed E-state index contributed by atoms with van der Waals surface area (Å²) < 4.78 is 20.6. The molecule has 25 heavy (non-hydrogen) atoms. The zero-order valence-corrected chi connectivity index (χ0v) is 15.2. The molecule has 3 aromatic rings. The second kappa shape index (κ2) is 8.12. The summed E-state index contributed by atoms with van der Waals surface area (Å²) >= 11 is 1.60. The number of hydrogen-bond donors (Lipinski definition) is 0. The van der Waals surface area contributed by atoms with E-state index < -0.39 is 0 Å². The van der Waals surface area contributed by atoms with E-state index in [2.05, 4.69) is 16.9 Å². The molecule has 0 aliphatic rings. The molecule has 1 heterocycles. The molecule has 0 saturated carbocycles. The molecule has 0 N–H and O–H groups in total. The largest absolute Gasteiger partial charge is 0.497 e. The molecule has 3 rings (SSSR count). The number of ether oxygens (including phenoxy) is 1. The van der Waals surface area contributed by atoms with Crippen LogP contribution in [0, 0.1) is 5.82 Å². The van der Waals surface area contributed by atoms with Gasteiger partial charge in [-0.05, 0) is 60.5 Å². The van der Waals surface area contributed by atoms with Gasteiger partial charge in [0.15, 0.2) is 4.80 Å². The van der Waals surface area contributed by atoms with Crippen LogP contribution in [0.5, 0.6) is 5.75 Å². The molecule has 0 atom stereocenters. The van der Waals surface area contributed by atoms with Crippen molar-refractivity contribution in [2.75, 3.05) is 7.11 Å². The summed E-state index contributed by atoms with van der Waals surface area (Å²) in [6, 6.07) is 14.3. The van der Waals surface area contributed by atoms with Gasteiger partial charge in [0, 0.05) is 11.9 Å². The van der Waals surface area contributed by atoms with Crippen LogP contribution >= 0.6 is 11.3 Å². The molecule has 0 radical (unpaired) electrons. The minimum atomic E-state index is -0.220. The fourth-order valence-corrected chi connectivity index (χ4v) is 3.52. The molecule has 130 valence electrons. The maximum Gasteiger partial charge on any atom is 0.190 e. The van der Waals surface area contributed by atoms with Gasteiger partial charge in [-0.2, -0.15) is 0 Å². The molecule has 0 bridgehead atoms. The molecular weight excluding hydrogens is 335 g/mol. The normalized spacial score (nSPS) is 11.7. The van der Waals surface area contributed by atoms with Crippen LogP contribution in [0.2, 0.25) is 0 Å². The lowest BCUT2D eigenvalue weighted by molar-refractivity contribution is 0.415. The summed E-state index contributed by atoms with van der Waals surface area (Å²) in [6.45, 7) is 3.06. The number of unbranched alkanes of at least 4 members (excludes halogenated alkanes) is 1. The first-order chi connectivity index (χ1) is 12.2. The maximum absolute atomic E-state index is 13.2. The van der Waals surface area contributed by atoms with Gasteiger partial charge in [0.05, 0.1) is 18.5 Å². The first kappa shape index (κ1) is 17.4. The molecule has 0 fully saturated rings. The number of halogens is 1. The third-order valence-corrected chi connectivity index (χ3v) is 4.83. The third-order valence-electron chi connectivity index (χ3n) is 3.97. The lowest BCUT2D eigenvalue weighted by Gasteiger charge is -2.08. The second-order valence-corrected chi connectivity index (χ2v) is 6.56. The minimum absolute atomic E-state index is 0.220. The number of rotatable bonds is 6. The first-order valence-corrected chi connectivity index (χ1v) is 9.22. The Labute approximate surface area is 151 Å². The van der Waals surface area contributed by atoms with Gasteiger partial charge < -0.3 is 9.30 Å². The van der Waals surface area contributed by atoms with Crippen LogP contribution in [0.4, 0.5) is 10.1 Å². The predicted molar refractivity (Wildman–Crippen MR) is 101 cm³/mol. The summed E-state index contributed by atoms with van der Waals surface area (Å²) in [5.74, 6) is 0.596. The zero-order chi connectivity index (χ0) is 17.6. The number of methoxy groups -OCH3 is 1. The van der Waals surface area contributed by atoms with Crippen LogP contribution in [-0.4, -0.2) is 11.7 Å².